The molecule has 2 atom stereocenters. The Morgan fingerprint density at radius 3 is 2.25 bits per heavy atom. The van der Waals surface area contributed by atoms with E-state index in [1.165, 1.54) is 0 Å². The second kappa shape index (κ2) is 9.45. The molecular weight excluding hydrogens is 400 g/mol. The van der Waals surface area contributed by atoms with Crippen molar-refractivity contribution in [3.63, 3.8) is 0 Å². The monoisotopic (exact) mass is 430 g/mol. The number of carbonyl (C=O) groups is 1. The maximum absolute atomic E-state index is 13.0. The number of nitrogens with one attached hydrogen (secondary N) is 1. The average Bonchev–Trinajstić information content (AvgIpc) is 2.79. The van der Waals surface area contributed by atoms with Crippen LogP contribution in [0.3, 0.4) is 0 Å². The summed E-state index contributed by atoms with van der Waals surface area (Å²) in [6, 6.07) is 21.7. The van der Waals surface area contributed by atoms with E-state index >= 15 is 0 Å². The van der Waals surface area contributed by atoms with Crippen molar-refractivity contribution in [1.82, 2.24) is 0 Å². The molecule has 0 radical (unpaired) electrons. The molecule has 1 heterocycles. The van der Waals surface area contributed by atoms with Crippen LogP contribution in [-0.2, 0) is 4.74 Å². The molecule has 32 heavy (non-hydrogen) atoms. The molecule has 3 aromatic carbocycles. The smallest absolute Gasteiger partial charge is 0.255 e. The van der Waals surface area contributed by atoms with Gasteiger partial charge in [-0.2, -0.15) is 0 Å². The van der Waals surface area contributed by atoms with E-state index in [9.17, 15) is 4.79 Å². The zero-order valence-electron chi connectivity index (χ0n) is 19.1. The third-order valence-corrected chi connectivity index (χ3v) is 5.89. The Morgan fingerprint density at radius 2 is 1.62 bits per heavy atom. The van der Waals surface area contributed by atoms with Gasteiger partial charge in [0, 0.05) is 30.0 Å². The highest BCUT2D eigenvalue weighted by Gasteiger charge is 2.22. The maximum atomic E-state index is 13.0. The summed E-state index contributed by atoms with van der Waals surface area (Å²) in [6.45, 7) is 7.92. The molecule has 1 N–H and O–H groups in total. The van der Waals surface area contributed by atoms with Crippen molar-refractivity contribution in [1.29, 1.82) is 0 Å². The van der Waals surface area contributed by atoms with Crippen LogP contribution in [0.4, 0.5) is 11.4 Å². The van der Waals surface area contributed by atoms with Gasteiger partial charge in [0.15, 0.2) is 0 Å². The van der Waals surface area contributed by atoms with Gasteiger partial charge < -0.3 is 19.7 Å². The van der Waals surface area contributed by atoms with E-state index in [4.69, 9.17) is 9.47 Å². The fourth-order valence-corrected chi connectivity index (χ4v) is 4.31. The molecule has 5 heteroatoms. The normalized spacial score (nSPS) is 18.3. The lowest BCUT2D eigenvalue weighted by molar-refractivity contribution is -0.00521. The molecule has 166 valence electrons. The van der Waals surface area contributed by atoms with E-state index in [0.29, 0.717) is 5.56 Å². The number of carbonyl (C=O) groups excluding carboxylic acids is 1. The van der Waals surface area contributed by atoms with Crippen LogP contribution in [-0.4, -0.2) is 38.3 Å². The summed E-state index contributed by atoms with van der Waals surface area (Å²) in [5, 5.41) is 3.04. The lowest BCUT2D eigenvalue weighted by Crippen LogP contribution is -2.45. The standard InChI is InChI=1S/C27H30N2O3/c1-18-16-29(17-19(2)32-18)23-12-10-22(11-13-23)28-27(30)26-7-5-6-25(20(26)3)21-8-14-24(31-4)15-9-21/h5-15,18-19H,16-17H2,1-4H3,(H,28,30). The topological polar surface area (TPSA) is 50.8 Å². The maximum Gasteiger partial charge on any atom is 0.255 e. The fourth-order valence-electron chi connectivity index (χ4n) is 4.31. The number of ether oxygens (including phenoxy) is 2. The van der Waals surface area contributed by atoms with Gasteiger partial charge in [-0.15, -0.1) is 0 Å². The SMILES string of the molecule is COc1ccc(-c2cccc(C(=O)Nc3ccc(N4CC(C)OC(C)C4)cc3)c2C)cc1. The number of rotatable bonds is 5. The third kappa shape index (κ3) is 4.78. The van der Waals surface area contributed by atoms with Crippen LogP contribution in [0.2, 0.25) is 0 Å². The molecule has 5 nitrogen and oxygen atoms in total. The lowest BCUT2D eigenvalue weighted by Gasteiger charge is -2.36. The number of amides is 1. The first-order chi connectivity index (χ1) is 15.4. The number of hydrogen-bond donors (Lipinski definition) is 1. The van der Waals surface area contributed by atoms with Crippen LogP contribution >= 0.6 is 0 Å². The van der Waals surface area contributed by atoms with Crippen LogP contribution in [0.15, 0.2) is 66.7 Å². The van der Waals surface area contributed by atoms with Crippen molar-refractivity contribution in [3.8, 4) is 16.9 Å². The van der Waals surface area contributed by atoms with Gasteiger partial charge >= 0.3 is 0 Å². The Balaban J connectivity index is 1.49. The van der Waals surface area contributed by atoms with Crippen LogP contribution in [0, 0.1) is 6.92 Å². The predicted molar refractivity (Wildman–Crippen MR) is 130 cm³/mol. The van der Waals surface area contributed by atoms with Crippen molar-refractivity contribution in [2.45, 2.75) is 33.0 Å². The number of nitrogens with zero attached hydrogens (tertiary/aromatic N) is 1. The Hall–Kier alpha value is -3.31. The van der Waals surface area contributed by atoms with Crippen LogP contribution in [0.25, 0.3) is 11.1 Å². The number of anilines is 2. The van der Waals surface area contributed by atoms with Gasteiger partial charge in [0.2, 0.25) is 0 Å². The van der Waals surface area contributed by atoms with E-state index in [1.54, 1.807) is 7.11 Å². The second-order valence-electron chi connectivity index (χ2n) is 8.37. The van der Waals surface area contributed by atoms with Crippen molar-refractivity contribution in [2.24, 2.45) is 0 Å². The molecule has 1 amide bonds. The Morgan fingerprint density at radius 1 is 0.969 bits per heavy atom. The summed E-state index contributed by atoms with van der Waals surface area (Å²) in [4.78, 5) is 15.4. The van der Waals surface area contributed by atoms with Gasteiger partial charge in [-0.3, -0.25) is 4.79 Å². The summed E-state index contributed by atoms with van der Waals surface area (Å²) >= 11 is 0. The summed E-state index contributed by atoms with van der Waals surface area (Å²) in [5.74, 6) is 0.698. The van der Waals surface area contributed by atoms with Gasteiger partial charge in [0.25, 0.3) is 5.91 Å². The number of methoxy groups -OCH3 is 1. The first-order valence-corrected chi connectivity index (χ1v) is 11.0. The molecule has 1 aliphatic rings. The third-order valence-electron chi connectivity index (χ3n) is 5.89. The van der Waals surface area contributed by atoms with Crippen molar-refractivity contribution < 1.29 is 14.3 Å². The molecule has 0 spiro atoms. The van der Waals surface area contributed by atoms with Crippen LogP contribution in [0.5, 0.6) is 5.75 Å². The molecule has 0 bridgehead atoms. The highest BCUT2D eigenvalue weighted by atomic mass is 16.5. The highest BCUT2D eigenvalue weighted by molar-refractivity contribution is 6.06. The quantitative estimate of drug-likeness (QED) is 0.578. The molecule has 3 aromatic rings. The molecule has 4 rings (SSSR count). The Bertz CT molecular complexity index is 1070. The van der Waals surface area contributed by atoms with E-state index < -0.39 is 0 Å². The molecule has 0 aromatic heterocycles. The highest BCUT2D eigenvalue weighted by Crippen LogP contribution is 2.28. The molecule has 2 unspecified atom stereocenters. The first-order valence-electron chi connectivity index (χ1n) is 11.0. The average molecular weight is 431 g/mol. The first kappa shape index (κ1) is 21.9. The second-order valence-corrected chi connectivity index (χ2v) is 8.37. The number of benzene rings is 3. The molecular formula is C27H30N2O3. The van der Waals surface area contributed by atoms with E-state index in [1.807, 2.05) is 61.5 Å². The van der Waals surface area contributed by atoms with Crippen molar-refractivity contribution in [2.75, 3.05) is 30.4 Å². The van der Waals surface area contributed by atoms with Gasteiger partial charge in [0.05, 0.1) is 19.3 Å². The zero-order chi connectivity index (χ0) is 22.7. The molecule has 0 saturated carbocycles. The van der Waals surface area contributed by atoms with Crippen LogP contribution < -0.4 is 15.0 Å². The summed E-state index contributed by atoms with van der Waals surface area (Å²) in [6.07, 6.45) is 0.415. The summed E-state index contributed by atoms with van der Waals surface area (Å²) in [7, 11) is 1.65. The van der Waals surface area contributed by atoms with Crippen molar-refractivity contribution in [3.05, 3.63) is 77.9 Å². The fraction of sp³-hybridized carbons (Fsp3) is 0.296. The van der Waals surface area contributed by atoms with Gasteiger partial charge in [-0.1, -0.05) is 24.3 Å². The van der Waals surface area contributed by atoms with Crippen LogP contribution in [0.1, 0.15) is 29.8 Å². The largest absolute Gasteiger partial charge is 0.497 e. The summed E-state index contributed by atoms with van der Waals surface area (Å²) in [5.41, 5.74) is 5.62. The molecule has 1 fully saturated rings. The minimum atomic E-state index is -0.112. The van der Waals surface area contributed by atoms with Gasteiger partial charge in [-0.25, -0.2) is 0 Å². The Labute approximate surface area is 190 Å². The van der Waals surface area contributed by atoms with E-state index in [0.717, 1.165) is 46.9 Å². The minimum Gasteiger partial charge on any atom is -0.497 e. The van der Waals surface area contributed by atoms with E-state index in [-0.39, 0.29) is 18.1 Å². The van der Waals surface area contributed by atoms with Gasteiger partial charge in [-0.05, 0) is 79.9 Å². The number of morpholine rings is 1. The predicted octanol–water partition coefficient (Wildman–Crippen LogP) is 5.54. The molecule has 0 aliphatic carbocycles. The van der Waals surface area contributed by atoms with Crippen molar-refractivity contribution >= 4 is 17.3 Å². The van der Waals surface area contributed by atoms with Gasteiger partial charge in [0.1, 0.15) is 5.75 Å². The Kier molecular flexibility index (Phi) is 6.47. The number of hydrogen-bond acceptors (Lipinski definition) is 4. The van der Waals surface area contributed by atoms with E-state index in [2.05, 4.69) is 36.2 Å². The lowest BCUT2D eigenvalue weighted by atomic mass is 9.96. The molecule has 1 aliphatic heterocycles. The zero-order valence-corrected chi connectivity index (χ0v) is 19.1. The molecule has 1 saturated heterocycles. The minimum absolute atomic E-state index is 0.112. The summed E-state index contributed by atoms with van der Waals surface area (Å²) < 4.78 is 11.1.